The number of ether oxygens (including phenoxy) is 3. The number of hydrogen-bond donors (Lipinski definition) is 3. The van der Waals surface area contributed by atoms with Crippen LogP contribution in [0.1, 0.15) is 51.2 Å². The maximum Gasteiger partial charge on any atom is 0.349 e. The summed E-state index contributed by atoms with van der Waals surface area (Å²) in [5, 5.41) is 36.3. The number of fused-ring (bicyclic) bond motifs is 1. The third-order valence-electron chi connectivity index (χ3n) is 7.30. The van der Waals surface area contributed by atoms with Crippen LogP contribution in [0.4, 0.5) is 0 Å². The second kappa shape index (κ2) is 11.6. The van der Waals surface area contributed by atoms with Gasteiger partial charge in [0.05, 0.1) is 16.7 Å². The molecule has 0 unspecified atom stereocenters. The molecule has 3 heterocycles. The average Bonchev–Trinajstić information content (AvgIpc) is 2.87. The van der Waals surface area contributed by atoms with E-state index in [1.165, 1.54) is 26.4 Å². The zero-order chi connectivity index (χ0) is 27.6. The van der Waals surface area contributed by atoms with Crippen LogP contribution in [0.15, 0.2) is 26.5 Å². The maximum absolute atomic E-state index is 12.9. The van der Waals surface area contributed by atoms with Gasteiger partial charge in [-0.15, -0.1) is 0 Å². The smallest absolute Gasteiger partial charge is 0.349 e. The van der Waals surface area contributed by atoms with Crippen molar-refractivity contribution in [3.63, 3.8) is 0 Å². The highest BCUT2D eigenvalue weighted by Gasteiger charge is 2.50. The van der Waals surface area contributed by atoms with Gasteiger partial charge in [-0.05, 0) is 65.8 Å². The number of benzene rings is 1. The van der Waals surface area contributed by atoms with Gasteiger partial charge >= 0.3 is 5.63 Å². The Kier molecular flexibility index (Phi) is 8.63. The van der Waals surface area contributed by atoms with E-state index in [-0.39, 0.29) is 33.7 Å². The number of likely N-dealkylation sites (tertiary alicyclic amines) is 1. The Balaban J connectivity index is 1.53. The molecule has 0 radical (unpaired) electrons. The van der Waals surface area contributed by atoms with E-state index in [1.54, 1.807) is 39.8 Å². The number of methoxy groups -OCH3 is 1. The van der Waals surface area contributed by atoms with E-state index in [0.717, 1.165) is 19.6 Å². The molecule has 2 aliphatic rings. The van der Waals surface area contributed by atoms with E-state index in [4.69, 9.17) is 23.5 Å². The second-order valence-corrected chi connectivity index (χ2v) is 10.4. The fourth-order valence-electron chi connectivity index (χ4n) is 5.18. The summed E-state index contributed by atoms with van der Waals surface area (Å²) >= 11 is 0. The van der Waals surface area contributed by atoms with Crippen molar-refractivity contribution in [3.05, 3.63) is 33.7 Å². The topological polar surface area (TPSA) is 143 Å². The van der Waals surface area contributed by atoms with Crippen molar-refractivity contribution in [1.82, 2.24) is 4.90 Å². The molecule has 210 valence electrons. The summed E-state index contributed by atoms with van der Waals surface area (Å²) in [6, 6.07) is 3.11. The normalized spacial score (nSPS) is 26.4. The van der Waals surface area contributed by atoms with Crippen LogP contribution in [0.25, 0.3) is 11.0 Å². The van der Waals surface area contributed by atoms with Crippen molar-refractivity contribution in [2.45, 2.75) is 77.2 Å². The fourth-order valence-corrected chi connectivity index (χ4v) is 5.18. The van der Waals surface area contributed by atoms with Gasteiger partial charge in [0.25, 0.3) is 0 Å². The maximum atomic E-state index is 12.9. The van der Waals surface area contributed by atoms with Gasteiger partial charge in [0, 0.05) is 19.2 Å². The number of piperidine rings is 1. The van der Waals surface area contributed by atoms with Gasteiger partial charge in [0.1, 0.15) is 47.6 Å². The number of aryl methyl sites for hydroxylation is 1. The third kappa shape index (κ3) is 5.67. The SMILES string of the molecule is CO[C@@H]1[C@@H](O)[C@@H](O)[C@H](Oc2ccc3c(O)c(/C(C)=N/OCCN4CCCCC4)c(=O)oc3c2C)OC1(C)C. The molecule has 0 bridgehead atoms. The van der Waals surface area contributed by atoms with Crippen LogP contribution in [0.5, 0.6) is 11.5 Å². The molecule has 2 aliphatic heterocycles. The number of aliphatic hydroxyl groups excluding tert-OH is 2. The lowest BCUT2D eigenvalue weighted by Gasteiger charge is -2.46. The van der Waals surface area contributed by atoms with Gasteiger partial charge in [-0.3, -0.25) is 4.90 Å². The highest BCUT2D eigenvalue weighted by atomic mass is 16.7. The molecule has 38 heavy (non-hydrogen) atoms. The average molecular weight is 535 g/mol. The van der Waals surface area contributed by atoms with Gasteiger partial charge in [0.2, 0.25) is 6.29 Å². The molecule has 1 aromatic carbocycles. The zero-order valence-corrected chi connectivity index (χ0v) is 22.6. The molecule has 2 saturated heterocycles. The Morgan fingerprint density at radius 2 is 1.89 bits per heavy atom. The first-order chi connectivity index (χ1) is 18.0. The summed E-state index contributed by atoms with van der Waals surface area (Å²) in [6.07, 6.45) is -0.986. The van der Waals surface area contributed by atoms with Crippen LogP contribution in [-0.4, -0.2) is 89.5 Å². The van der Waals surface area contributed by atoms with Gasteiger partial charge in [-0.2, -0.15) is 0 Å². The number of nitrogens with zero attached hydrogens (tertiary/aromatic N) is 2. The van der Waals surface area contributed by atoms with Crippen LogP contribution in [-0.2, 0) is 14.3 Å². The predicted octanol–water partition coefficient (Wildman–Crippen LogP) is 2.28. The van der Waals surface area contributed by atoms with Gasteiger partial charge < -0.3 is 38.8 Å². The van der Waals surface area contributed by atoms with Crippen LogP contribution in [0.3, 0.4) is 0 Å². The number of oxime groups is 1. The molecule has 3 N–H and O–H groups in total. The van der Waals surface area contributed by atoms with Crippen molar-refractivity contribution >= 4 is 16.7 Å². The fraction of sp³-hybridized carbons (Fsp3) is 0.630. The Morgan fingerprint density at radius 3 is 2.58 bits per heavy atom. The van der Waals surface area contributed by atoms with Crippen LogP contribution < -0.4 is 10.4 Å². The summed E-state index contributed by atoms with van der Waals surface area (Å²) in [4.78, 5) is 20.6. The second-order valence-electron chi connectivity index (χ2n) is 10.4. The molecule has 11 heteroatoms. The van der Waals surface area contributed by atoms with E-state index in [1.807, 2.05) is 0 Å². The van der Waals surface area contributed by atoms with Crippen molar-refractivity contribution in [3.8, 4) is 11.5 Å². The molecule has 11 nitrogen and oxygen atoms in total. The summed E-state index contributed by atoms with van der Waals surface area (Å²) in [5.74, 6) is -0.0256. The lowest BCUT2D eigenvalue weighted by Crippen LogP contribution is -2.63. The molecular formula is C27H38N2O9. The highest BCUT2D eigenvalue weighted by Crippen LogP contribution is 2.37. The molecule has 0 aliphatic carbocycles. The largest absolute Gasteiger partial charge is 0.506 e. The lowest BCUT2D eigenvalue weighted by atomic mass is 9.89. The minimum Gasteiger partial charge on any atom is -0.506 e. The van der Waals surface area contributed by atoms with Crippen molar-refractivity contribution < 1.29 is 38.8 Å². The van der Waals surface area contributed by atoms with Crippen LogP contribution in [0.2, 0.25) is 0 Å². The number of aromatic hydroxyl groups is 1. The van der Waals surface area contributed by atoms with Crippen LogP contribution in [0, 0.1) is 6.92 Å². The molecule has 4 atom stereocenters. The Labute approximate surface area is 221 Å². The molecular weight excluding hydrogens is 496 g/mol. The Morgan fingerprint density at radius 1 is 1.18 bits per heavy atom. The van der Waals surface area contributed by atoms with E-state index in [2.05, 4.69) is 10.1 Å². The van der Waals surface area contributed by atoms with E-state index >= 15 is 0 Å². The molecule has 1 aromatic heterocycles. The number of hydrogen-bond acceptors (Lipinski definition) is 11. The van der Waals surface area contributed by atoms with Crippen molar-refractivity contribution in [2.24, 2.45) is 5.16 Å². The van der Waals surface area contributed by atoms with E-state index in [0.29, 0.717) is 12.2 Å². The van der Waals surface area contributed by atoms with E-state index < -0.39 is 35.8 Å². The summed E-state index contributed by atoms with van der Waals surface area (Å²) in [5.41, 5.74) is -1.07. The molecule has 4 rings (SSSR count). The highest BCUT2D eigenvalue weighted by molar-refractivity contribution is 6.04. The van der Waals surface area contributed by atoms with Crippen molar-refractivity contribution in [2.75, 3.05) is 33.4 Å². The third-order valence-corrected chi connectivity index (χ3v) is 7.30. The first kappa shape index (κ1) is 28.3. The molecule has 0 amide bonds. The monoisotopic (exact) mass is 534 g/mol. The first-order valence-corrected chi connectivity index (χ1v) is 13.0. The number of rotatable bonds is 8. The number of aliphatic hydroxyl groups is 2. The Hall–Kier alpha value is -2.70. The minimum atomic E-state index is -1.39. The van der Waals surface area contributed by atoms with Crippen LogP contribution >= 0.6 is 0 Å². The molecule has 0 saturated carbocycles. The first-order valence-electron chi connectivity index (χ1n) is 13.0. The van der Waals surface area contributed by atoms with E-state index in [9.17, 15) is 20.1 Å². The summed E-state index contributed by atoms with van der Waals surface area (Å²) < 4.78 is 22.6. The summed E-state index contributed by atoms with van der Waals surface area (Å²) in [6.45, 7) is 9.89. The standard InChI is InChI=1S/C27H38N2O9/c1-15-18(36-26-22(32)21(31)24(34-5)27(3,4)38-26)10-9-17-20(30)19(25(33)37-23(15)17)16(2)28-35-14-13-29-11-7-6-8-12-29/h9-10,21-22,24,26,30-32H,6-8,11-14H2,1-5H3/b28-16+/t21-,22+,24+,26+/m0/s1. The molecule has 2 fully saturated rings. The van der Waals surface area contributed by atoms with Crippen molar-refractivity contribution in [1.29, 1.82) is 0 Å². The zero-order valence-electron chi connectivity index (χ0n) is 22.6. The lowest BCUT2D eigenvalue weighted by molar-refractivity contribution is -0.306. The molecule has 0 spiro atoms. The Bertz CT molecular complexity index is 1220. The van der Waals surface area contributed by atoms with Gasteiger partial charge in [-0.1, -0.05) is 11.6 Å². The quantitative estimate of drug-likeness (QED) is 0.200. The minimum absolute atomic E-state index is 0.0787. The van der Waals surface area contributed by atoms with Gasteiger partial charge in [0.15, 0.2) is 0 Å². The predicted molar refractivity (Wildman–Crippen MR) is 140 cm³/mol. The summed E-state index contributed by atoms with van der Waals surface area (Å²) in [7, 11) is 1.43. The van der Waals surface area contributed by atoms with Gasteiger partial charge in [-0.25, -0.2) is 4.79 Å². The molecule has 2 aromatic rings.